The number of carbonyl (C=O) groups excluding carboxylic acids is 1. The molecule has 0 saturated carbocycles. The van der Waals surface area contributed by atoms with E-state index in [1.165, 1.54) is 0 Å². The van der Waals surface area contributed by atoms with E-state index >= 15 is 0 Å². The fourth-order valence-corrected chi connectivity index (χ4v) is 1.79. The highest BCUT2D eigenvalue weighted by atomic mass is 16.4. The molecule has 1 heterocycles. The molecule has 0 saturated heterocycles. The van der Waals surface area contributed by atoms with Crippen LogP contribution in [0.3, 0.4) is 0 Å². The molecule has 1 aromatic rings. The van der Waals surface area contributed by atoms with Crippen molar-refractivity contribution in [2.45, 2.75) is 33.7 Å². The molecule has 0 aliphatic heterocycles. The molecule has 0 spiro atoms. The van der Waals surface area contributed by atoms with Crippen LogP contribution >= 0.6 is 0 Å². The molecule has 0 aliphatic rings. The summed E-state index contributed by atoms with van der Waals surface area (Å²) >= 11 is 0. The van der Waals surface area contributed by atoms with Crippen LogP contribution < -0.4 is 5.32 Å². The van der Waals surface area contributed by atoms with Crippen molar-refractivity contribution in [2.24, 2.45) is 18.4 Å². The SMILES string of the molecule is CC(C)C(C)(CC(=O)NCc1cccn1C)C(=O)O. The minimum absolute atomic E-state index is 0.00950. The molecule has 0 aliphatic carbocycles. The highest BCUT2D eigenvalue weighted by molar-refractivity contribution is 5.84. The second kappa shape index (κ2) is 5.91. The molecule has 0 radical (unpaired) electrons. The van der Waals surface area contributed by atoms with Gasteiger partial charge < -0.3 is 15.0 Å². The minimum atomic E-state index is -1.03. The van der Waals surface area contributed by atoms with Gasteiger partial charge in [0.05, 0.1) is 12.0 Å². The van der Waals surface area contributed by atoms with Gasteiger partial charge in [-0.1, -0.05) is 13.8 Å². The molecule has 1 atom stereocenters. The molecule has 0 aromatic carbocycles. The molecule has 1 unspecified atom stereocenters. The van der Waals surface area contributed by atoms with E-state index in [-0.39, 0.29) is 18.2 Å². The van der Waals surface area contributed by atoms with E-state index < -0.39 is 11.4 Å². The normalized spacial score (nSPS) is 14.2. The summed E-state index contributed by atoms with van der Waals surface area (Å²) in [6, 6.07) is 3.82. The monoisotopic (exact) mass is 266 g/mol. The lowest BCUT2D eigenvalue weighted by Crippen LogP contribution is -2.39. The number of nitrogens with one attached hydrogen (secondary N) is 1. The average Bonchev–Trinajstić information content (AvgIpc) is 2.71. The lowest BCUT2D eigenvalue weighted by molar-refractivity contribution is -0.153. The summed E-state index contributed by atoms with van der Waals surface area (Å²) in [5, 5.41) is 12.0. The summed E-state index contributed by atoms with van der Waals surface area (Å²) in [5.41, 5.74) is -0.0481. The number of nitrogens with zero attached hydrogens (tertiary/aromatic N) is 1. The Morgan fingerprint density at radius 3 is 2.53 bits per heavy atom. The van der Waals surface area contributed by atoms with Crippen molar-refractivity contribution in [1.29, 1.82) is 0 Å². The molecule has 19 heavy (non-hydrogen) atoms. The number of carbonyl (C=O) groups is 2. The van der Waals surface area contributed by atoms with Crippen LogP contribution in [0.15, 0.2) is 18.3 Å². The van der Waals surface area contributed by atoms with Crippen LogP contribution in [-0.4, -0.2) is 21.6 Å². The van der Waals surface area contributed by atoms with E-state index in [4.69, 9.17) is 0 Å². The fraction of sp³-hybridized carbons (Fsp3) is 0.571. The molecule has 5 nitrogen and oxygen atoms in total. The van der Waals surface area contributed by atoms with Gasteiger partial charge in [-0.05, 0) is 25.0 Å². The first-order valence-corrected chi connectivity index (χ1v) is 6.37. The minimum Gasteiger partial charge on any atom is -0.481 e. The number of hydrogen-bond acceptors (Lipinski definition) is 2. The number of hydrogen-bond donors (Lipinski definition) is 2. The van der Waals surface area contributed by atoms with Crippen molar-refractivity contribution in [3.63, 3.8) is 0 Å². The summed E-state index contributed by atoms with van der Waals surface area (Å²) in [6.45, 7) is 5.66. The maximum atomic E-state index is 11.9. The van der Waals surface area contributed by atoms with Crippen molar-refractivity contribution in [3.05, 3.63) is 24.0 Å². The molecule has 1 amide bonds. The predicted molar refractivity (Wildman–Crippen MR) is 72.5 cm³/mol. The smallest absolute Gasteiger partial charge is 0.310 e. The largest absolute Gasteiger partial charge is 0.481 e. The summed E-state index contributed by atoms with van der Waals surface area (Å²) < 4.78 is 1.92. The van der Waals surface area contributed by atoms with Gasteiger partial charge >= 0.3 is 5.97 Å². The van der Waals surface area contributed by atoms with Crippen molar-refractivity contribution in [2.75, 3.05) is 0 Å². The van der Waals surface area contributed by atoms with Crippen molar-refractivity contribution in [1.82, 2.24) is 9.88 Å². The second-order valence-corrected chi connectivity index (χ2v) is 5.44. The molecule has 5 heteroatoms. The summed E-state index contributed by atoms with van der Waals surface area (Å²) in [7, 11) is 1.90. The van der Waals surface area contributed by atoms with Crippen LogP contribution in [0.2, 0.25) is 0 Å². The molecule has 1 rings (SSSR count). The summed E-state index contributed by atoms with van der Waals surface area (Å²) in [4.78, 5) is 23.2. The molecular formula is C14H22N2O3. The quantitative estimate of drug-likeness (QED) is 0.824. The number of amides is 1. The van der Waals surface area contributed by atoms with E-state index in [2.05, 4.69) is 5.32 Å². The maximum Gasteiger partial charge on any atom is 0.310 e. The first kappa shape index (κ1) is 15.3. The zero-order valence-corrected chi connectivity index (χ0v) is 11.9. The lowest BCUT2D eigenvalue weighted by atomic mass is 9.76. The zero-order valence-electron chi connectivity index (χ0n) is 11.9. The van der Waals surface area contributed by atoms with Crippen LogP contribution in [-0.2, 0) is 23.2 Å². The van der Waals surface area contributed by atoms with Crippen LogP contribution in [0.25, 0.3) is 0 Å². The Labute approximate surface area is 113 Å². The van der Waals surface area contributed by atoms with Gasteiger partial charge in [-0.15, -0.1) is 0 Å². The van der Waals surface area contributed by atoms with Gasteiger partial charge in [0.15, 0.2) is 0 Å². The molecular weight excluding hydrogens is 244 g/mol. The Hall–Kier alpha value is -1.78. The highest BCUT2D eigenvalue weighted by Crippen LogP contribution is 2.31. The van der Waals surface area contributed by atoms with Crippen LogP contribution in [0.4, 0.5) is 0 Å². The molecule has 0 fully saturated rings. The number of aliphatic carboxylic acids is 1. The molecule has 2 N–H and O–H groups in total. The molecule has 0 bridgehead atoms. The Balaban J connectivity index is 2.60. The highest BCUT2D eigenvalue weighted by Gasteiger charge is 2.38. The number of carboxylic acids is 1. The predicted octanol–water partition coefficient (Wildman–Crippen LogP) is 1.78. The Bertz CT molecular complexity index is 465. The summed E-state index contributed by atoms with van der Waals surface area (Å²) in [6.07, 6.45) is 1.89. The summed E-state index contributed by atoms with van der Waals surface area (Å²) in [5.74, 6) is -1.28. The van der Waals surface area contributed by atoms with Crippen molar-refractivity contribution < 1.29 is 14.7 Å². The topological polar surface area (TPSA) is 71.3 Å². The number of aryl methyl sites for hydroxylation is 1. The number of rotatable bonds is 6. The van der Waals surface area contributed by atoms with Gasteiger partial charge in [0, 0.05) is 25.4 Å². The van der Waals surface area contributed by atoms with Gasteiger partial charge in [0.1, 0.15) is 0 Å². The second-order valence-electron chi connectivity index (χ2n) is 5.44. The zero-order chi connectivity index (χ0) is 14.6. The Morgan fingerprint density at radius 1 is 1.47 bits per heavy atom. The van der Waals surface area contributed by atoms with Gasteiger partial charge in [-0.3, -0.25) is 9.59 Å². The lowest BCUT2D eigenvalue weighted by Gasteiger charge is -2.28. The van der Waals surface area contributed by atoms with E-state index in [1.54, 1.807) is 6.92 Å². The maximum absolute atomic E-state index is 11.9. The standard InChI is InChI=1S/C14H22N2O3/c1-10(2)14(3,13(18)19)8-12(17)15-9-11-6-5-7-16(11)4/h5-7,10H,8-9H2,1-4H3,(H,15,17)(H,18,19). The van der Waals surface area contributed by atoms with Crippen molar-refractivity contribution in [3.8, 4) is 0 Å². The van der Waals surface area contributed by atoms with E-state index in [0.717, 1.165) is 5.69 Å². The van der Waals surface area contributed by atoms with Gasteiger partial charge in [0.25, 0.3) is 0 Å². The Kier molecular flexibility index (Phi) is 4.75. The first-order chi connectivity index (χ1) is 8.77. The number of aromatic nitrogens is 1. The van der Waals surface area contributed by atoms with Crippen LogP contribution in [0, 0.1) is 11.3 Å². The Morgan fingerprint density at radius 2 is 2.11 bits per heavy atom. The van der Waals surface area contributed by atoms with Crippen molar-refractivity contribution >= 4 is 11.9 Å². The third kappa shape index (κ3) is 3.59. The fourth-order valence-electron chi connectivity index (χ4n) is 1.79. The van der Waals surface area contributed by atoms with Gasteiger partial charge in [-0.25, -0.2) is 0 Å². The van der Waals surface area contributed by atoms with E-state index in [1.807, 2.05) is 43.8 Å². The van der Waals surface area contributed by atoms with E-state index in [9.17, 15) is 14.7 Å². The van der Waals surface area contributed by atoms with Gasteiger partial charge in [-0.2, -0.15) is 0 Å². The molecule has 106 valence electrons. The third-order valence-corrected chi connectivity index (χ3v) is 3.81. The van der Waals surface area contributed by atoms with E-state index in [0.29, 0.717) is 6.54 Å². The van der Waals surface area contributed by atoms with Gasteiger partial charge in [0.2, 0.25) is 5.91 Å². The third-order valence-electron chi connectivity index (χ3n) is 3.81. The van der Waals surface area contributed by atoms with Crippen LogP contribution in [0.5, 0.6) is 0 Å². The molecule has 1 aromatic heterocycles. The number of carboxylic acid groups (broad SMARTS) is 1. The van der Waals surface area contributed by atoms with Crippen LogP contribution in [0.1, 0.15) is 32.9 Å². The first-order valence-electron chi connectivity index (χ1n) is 6.37. The average molecular weight is 266 g/mol.